The molecule has 2 N–H and O–H groups in total. The third kappa shape index (κ3) is 2.15. The first-order chi connectivity index (χ1) is 9.88. The van der Waals surface area contributed by atoms with Crippen molar-refractivity contribution in [3.63, 3.8) is 0 Å². The number of hydrogen-bond donors (Lipinski definition) is 2. The molecule has 0 saturated carbocycles. The minimum absolute atomic E-state index is 0.164. The van der Waals surface area contributed by atoms with Crippen molar-refractivity contribution in [3.8, 4) is 0 Å². The van der Waals surface area contributed by atoms with E-state index in [1.807, 2.05) is 6.92 Å². The first-order valence-corrected chi connectivity index (χ1v) is 6.90. The van der Waals surface area contributed by atoms with E-state index in [-0.39, 0.29) is 31.6 Å². The van der Waals surface area contributed by atoms with Crippen molar-refractivity contribution in [3.05, 3.63) is 17.0 Å². The summed E-state index contributed by atoms with van der Waals surface area (Å²) in [6, 6.07) is -0.174. The van der Waals surface area contributed by atoms with Crippen molar-refractivity contribution in [2.75, 3.05) is 13.6 Å². The van der Waals surface area contributed by atoms with E-state index < -0.39 is 12.2 Å². The average molecular weight is 294 g/mol. The second kappa shape index (κ2) is 4.73. The zero-order valence-electron chi connectivity index (χ0n) is 12.0. The first kappa shape index (κ1) is 13.9. The van der Waals surface area contributed by atoms with E-state index in [1.165, 1.54) is 14.5 Å². The molecule has 3 rings (SSSR count). The number of nitrogens with zero attached hydrogens (tertiary/aromatic N) is 4. The van der Waals surface area contributed by atoms with Crippen molar-refractivity contribution in [2.45, 2.75) is 38.6 Å². The quantitative estimate of drug-likeness (QED) is 0.687. The molecule has 0 spiro atoms. The van der Waals surface area contributed by atoms with Gasteiger partial charge >= 0.3 is 6.09 Å². The van der Waals surface area contributed by atoms with Gasteiger partial charge in [0.15, 0.2) is 0 Å². The SMILES string of the molecule is C[C@@H]1Cc2nn3c(c2CN1C(=O)O)C(=O)N(C)CC(O)C3. The van der Waals surface area contributed by atoms with Crippen molar-refractivity contribution in [1.82, 2.24) is 19.6 Å². The number of hydrogen-bond acceptors (Lipinski definition) is 4. The molecule has 21 heavy (non-hydrogen) atoms. The summed E-state index contributed by atoms with van der Waals surface area (Å²) in [4.78, 5) is 26.5. The summed E-state index contributed by atoms with van der Waals surface area (Å²) >= 11 is 0. The average Bonchev–Trinajstić information content (AvgIpc) is 2.67. The minimum Gasteiger partial charge on any atom is -0.465 e. The molecular weight excluding hydrogens is 276 g/mol. The van der Waals surface area contributed by atoms with Crippen LogP contribution in [-0.2, 0) is 19.5 Å². The molecule has 1 aromatic heterocycles. The van der Waals surface area contributed by atoms with Gasteiger partial charge in [0.1, 0.15) is 5.69 Å². The second-order valence-electron chi connectivity index (χ2n) is 5.76. The number of β-amino-alcohol motifs (C(OH)–C–C–N with tert-alkyl or cyclic N) is 1. The fourth-order valence-electron chi connectivity index (χ4n) is 3.06. The number of amides is 2. The van der Waals surface area contributed by atoms with Crippen LogP contribution >= 0.6 is 0 Å². The van der Waals surface area contributed by atoms with E-state index >= 15 is 0 Å². The van der Waals surface area contributed by atoms with E-state index in [4.69, 9.17) is 0 Å². The molecular formula is C13H18N4O4. The van der Waals surface area contributed by atoms with Gasteiger partial charge < -0.3 is 20.0 Å². The van der Waals surface area contributed by atoms with E-state index in [9.17, 15) is 19.8 Å². The zero-order valence-corrected chi connectivity index (χ0v) is 12.0. The number of carbonyl (C=O) groups is 2. The lowest BCUT2D eigenvalue weighted by molar-refractivity contribution is 0.0699. The lowest BCUT2D eigenvalue weighted by Gasteiger charge is -2.30. The van der Waals surface area contributed by atoms with Crippen LogP contribution in [0.3, 0.4) is 0 Å². The molecule has 0 aliphatic carbocycles. The third-order valence-electron chi connectivity index (χ3n) is 4.15. The molecule has 3 heterocycles. The molecule has 0 radical (unpaired) electrons. The normalized spacial score (nSPS) is 25.4. The van der Waals surface area contributed by atoms with Gasteiger partial charge in [0.25, 0.3) is 5.91 Å². The van der Waals surface area contributed by atoms with Crippen LogP contribution in [0, 0.1) is 0 Å². The Bertz CT molecular complexity index is 612. The number of carbonyl (C=O) groups excluding carboxylic acids is 1. The monoisotopic (exact) mass is 294 g/mol. The second-order valence-corrected chi connectivity index (χ2v) is 5.76. The predicted molar refractivity (Wildman–Crippen MR) is 71.9 cm³/mol. The summed E-state index contributed by atoms with van der Waals surface area (Å²) < 4.78 is 1.53. The van der Waals surface area contributed by atoms with Crippen LogP contribution < -0.4 is 0 Å². The van der Waals surface area contributed by atoms with Crippen LogP contribution in [0.25, 0.3) is 0 Å². The highest BCUT2D eigenvalue weighted by molar-refractivity contribution is 5.94. The summed E-state index contributed by atoms with van der Waals surface area (Å²) in [5.74, 6) is -0.222. The Balaban J connectivity index is 2.07. The minimum atomic E-state index is -0.998. The molecule has 1 aromatic rings. The number of aliphatic hydroxyl groups excluding tert-OH is 1. The van der Waals surface area contributed by atoms with Gasteiger partial charge in [-0.3, -0.25) is 9.48 Å². The molecule has 0 aromatic carbocycles. The maximum atomic E-state index is 12.5. The number of carboxylic acid groups (broad SMARTS) is 1. The standard InChI is InChI=1S/C13H18N4O4/c1-7-3-10-9(6-16(7)13(20)21)11-12(19)15(2)4-8(18)5-17(11)14-10/h7-8,18H,3-6H2,1-2H3,(H,20,21)/t7-,8?/m1/s1. The molecule has 2 aliphatic rings. The Morgan fingerprint density at radius 2 is 2.10 bits per heavy atom. The molecule has 0 bridgehead atoms. The van der Waals surface area contributed by atoms with Gasteiger partial charge in [-0.2, -0.15) is 5.10 Å². The molecule has 2 amide bonds. The largest absolute Gasteiger partial charge is 0.465 e. The van der Waals surface area contributed by atoms with Crippen LogP contribution in [0.15, 0.2) is 0 Å². The number of fused-ring (bicyclic) bond motifs is 3. The number of aliphatic hydroxyl groups is 1. The smallest absolute Gasteiger partial charge is 0.407 e. The number of aromatic nitrogens is 2. The topological polar surface area (TPSA) is 98.9 Å². The van der Waals surface area contributed by atoms with Crippen LogP contribution in [0.5, 0.6) is 0 Å². The molecule has 0 saturated heterocycles. The van der Waals surface area contributed by atoms with Gasteiger partial charge in [-0.05, 0) is 6.92 Å². The summed E-state index contributed by atoms with van der Waals surface area (Å²) in [6.45, 7) is 2.48. The van der Waals surface area contributed by atoms with Crippen molar-refractivity contribution in [1.29, 1.82) is 0 Å². The molecule has 8 heteroatoms. The summed E-state index contributed by atoms with van der Waals surface area (Å²) in [5.41, 5.74) is 1.83. The van der Waals surface area contributed by atoms with E-state index in [0.717, 1.165) is 5.69 Å². The summed E-state index contributed by atoms with van der Waals surface area (Å²) in [5, 5.41) is 23.6. The Morgan fingerprint density at radius 3 is 2.76 bits per heavy atom. The van der Waals surface area contributed by atoms with Crippen molar-refractivity contribution in [2.24, 2.45) is 0 Å². The maximum Gasteiger partial charge on any atom is 0.407 e. The zero-order chi connectivity index (χ0) is 15.3. The van der Waals surface area contributed by atoms with E-state index in [1.54, 1.807) is 7.05 Å². The van der Waals surface area contributed by atoms with Gasteiger partial charge in [0, 0.05) is 31.6 Å². The Hall–Kier alpha value is -2.09. The Kier molecular flexibility index (Phi) is 3.12. The highest BCUT2D eigenvalue weighted by Gasteiger charge is 2.36. The van der Waals surface area contributed by atoms with Crippen LogP contribution in [0.1, 0.15) is 28.7 Å². The van der Waals surface area contributed by atoms with E-state index in [0.29, 0.717) is 17.7 Å². The molecule has 1 unspecified atom stereocenters. The van der Waals surface area contributed by atoms with Crippen LogP contribution in [0.2, 0.25) is 0 Å². The molecule has 2 atom stereocenters. The lowest BCUT2D eigenvalue weighted by atomic mass is 10.00. The highest BCUT2D eigenvalue weighted by atomic mass is 16.4. The highest BCUT2D eigenvalue weighted by Crippen LogP contribution is 2.28. The fraction of sp³-hybridized carbons (Fsp3) is 0.615. The summed E-state index contributed by atoms with van der Waals surface area (Å²) in [7, 11) is 1.63. The fourth-order valence-corrected chi connectivity index (χ4v) is 3.06. The molecule has 114 valence electrons. The molecule has 8 nitrogen and oxygen atoms in total. The van der Waals surface area contributed by atoms with Crippen LogP contribution in [-0.4, -0.2) is 67.5 Å². The van der Waals surface area contributed by atoms with Crippen molar-refractivity contribution >= 4 is 12.0 Å². The van der Waals surface area contributed by atoms with Gasteiger partial charge in [-0.25, -0.2) is 4.79 Å². The maximum absolute atomic E-state index is 12.5. The van der Waals surface area contributed by atoms with Gasteiger partial charge in [0.2, 0.25) is 0 Å². The Morgan fingerprint density at radius 1 is 1.38 bits per heavy atom. The number of likely N-dealkylation sites (N-methyl/N-ethyl adjacent to an activating group) is 1. The Labute approximate surface area is 121 Å². The molecule has 2 aliphatic heterocycles. The van der Waals surface area contributed by atoms with Crippen LogP contribution in [0.4, 0.5) is 4.79 Å². The van der Waals surface area contributed by atoms with Crippen molar-refractivity contribution < 1.29 is 19.8 Å². The third-order valence-corrected chi connectivity index (χ3v) is 4.15. The lowest BCUT2D eigenvalue weighted by Crippen LogP contribution is -2.42. The van der Waals surface area contributed by atoms with E-state index in [2.05, 4.69) is 5.10 Å². The predicted octanol–water partition coefficient (Wildman–Crippen LogP) is -0.246. The number of rotatable bonds is 0. The van der Waals surface area contributed by atoms with Gasteiger partial charge in [-0.1, -0.05) is 0 Å². The van der Waals surface area contributed by atoms with Gasteiger partial charge in [0.05, 0.1) is 24.9 Å². The van der Waals surface area contributed by atoms with Gasteiger partial charge in [-0.15, -0.1) is 0 Å². The molecule has 0 fully saturated rings. The first-order valence-electron chi connectivity index (χ1n) is 6.90. The summed E-state index contributed by atoms with van der Waals surface area (Å²) in [6.07, 6.45) is -1.19.